The Hall–Kier alpha value is -0.580. The zero-order valence-electron chi connectivity index (χ0n) is 5.86. The fraction of sp³-hybridized carbons (Fsp3) is 0.800. The minimum absolute atomic E-state index is 0.0753. The zero-order chi connectivity index (χ0) is 8.15. The molecule has 0 spiro atoms. The molecule has 0 fully saturated rings. The van der Waals surface area contributed by atoms with Crippen molar-refractivity contribution in [3.63, 3.8) is 0 Å². The van der Waals surface area contributed by atoms with Gasteiger partial charge in [0.05, 0.1) is 5.75 Å². The van der Waals surface area contributed by atoms with Crippen molar-refractivity contribution < 1.29 is 9.72 Å². The summed E-state index contributed by atoms with van der Waals surface area (Å²) in [6.07, 6.45) is 0. The molecule has 58 valence electrons. The number of hydrogen-bond donors (Lipinski definition) is 0. The number of thioether (sulfide) groups is 1. The third-order valence-electron chi connectivity index (χ3n) is 0.888. The molecule has 10 heavy (non-hydrogen) atoms. The van der Waals surface area contributed by atoms with Gasteiger partial charge in [0.15, 0.2) is 5.12 Å². The molecule has 0 N–H and O–H groups in total. The molecule has 0 aromatic heterocycles. The molecule has 0 aromatic carbocycles. The van der Waals surface area contributed by atoms with Crippen LogP contribution in [0.1, 0.15) is 13.8 Å². The summed E-state index contributed by atoms with van der Waals surface area (Å²) in [7, 11) is 0. The average molecular weight is 163 g/mol. The monoisotopic (exact) mass is 163 g/mol. The summed E-state index contributed by atoms with van der Waals surface area (Å²) in [5.41, 5.74) is 0. The van der Waals surface area contributed by atoms with Crippen LogP contribution >= 0.6 is 11.8 Å². The first-order valence-electron chi connectivity index (χ1n) is 2.81. The van der Waals surface area contributed by atoms with Gasteiger partial charge in [0.25, 0.3) is 0 Å². The molecule has 0 radical (unpaired) electrons. The highest BCUT2D eigenvalue weighted by Gasteiger charge is 2.12. The highest BCUT2D eigenvalue weighted by Crippen LogP contribution is 2.04. The lowest BCUT2D eigenvalue weighted by atomic mass is 10.4. The topological polar surface area (TPSA) is 60.2 Å². The van der Waals surface area contributed by atoms with Crippen LogP contribution in [0.2, 0.25) is 0 Å². The summed E-state index contributed by atoms with van der Waals surface area (Å²) in [6.45, 7) is 2.88. The third-order valence-corrected chi connectivity index (χ3v) is 1.94. The average Bonchev–Trinajstić information content (AvgIpc) is 1.82. The van der Waals surface area contributed by atoms with Crippen LogP contribution in [-0.2, 0) is 4.79 Å². The van der Waals surface area contributed by atoms with Crippen LogP contribution in [0.15, 0.2) is 0 Å². The summed E-state index contributed by atoms with van der Waals surface area (Å²) in [4.78, 5) is 19.9. The molecule has 0 aliphatic carbocycles. The third kappa shape index (κ3) is 4.31. The van der Waals surface area contributed by atoms with Gasteiger partial charge >= 0.3 is 0 Å². The quantitative estimate of drug-likeness (QED) is 0.458. The summed E-state index contributed by atoms with van der Waals surface area (Å²) in [5, 5.41) is 9.92. The highest BCUT2D eigenvalue weighted by atomic mass is 32.2. The van der Waals surface area contributed by atoms with Crippen molar-refractivity contribution in [1.82, 2.24) is 0 Å². The number of nitrogens with zero attached hydrogens (tertiary/aromatic N) is 1. The lowest BCUT2D eigenvalue weighted by molar-refractivity contribution is -0.511. The van der Waals surface area contributed by atoms with E-state index in [0.29, 0.717) is 0 Å². The fourth-order valence-electron chi connectivity index (χ4n) is 0.299. The standard InChI is InChI=1S/C5H9NO3S/c1-4(6(8)9)3-10-5(2)7/h4H,3H2,1-2H3. The highest BCUT2D eigenvalue weighted by molar-refractivity contribution is 8.13. The van der Waals surface area contributed by atoms with E-state index in [-0.39, 0.29) is 10.9 Å². The maximum Gasteiger partial charge on any atom is 0.219 e. The molecule has 0 bridgehead atoms. The molecular weight excluding hydrogens is 154 g/mol. The summed E-state index contributed by atoms with van der Waals surface area (Å²) in [5.74, 6) is 0.266. The fourth-order valence-corrected chi connectivity index (χ4v) is 0.896. The molecule has 0 aromatic rings. The van der Waals surface area contributed by atoms with Gasteiger partial charge in [-0.1, -0.05) is 11.8 Å². The molecule has 5 heteroatoms. The molecule has 0 amide bonds. The predicted molar refractivity (Wildman–Crippen MR) is 39.6 cm³/mol. The maximum atomic E-state index is 10.3. The first-order chi connectivity index (χ1) is 4.54. The summed E-state index contributed by atoms with van der Waals surface area (Å²) in [6, 6.07) is -0.631. The van der Waals surface area contributed by atoms with E-state index in [4.69, 9.17) is 0 Å². The van der Waals surface area contributed by atoms with Crippen LogP contribution < -0.4 is 0 Å². The van der Waals surface area contributed by atoms with Crippen LogP contribution in [0.25, 0.3) is 0 Å². The van der Waals surface area contributed by atoms with Gasteiger partial charge in [-0.05, 0) is 0 Å². The Labute approximate surface area is 63.1 Å². The minimum atomic E-state index is -0.631. The van der Waals surface area contributed by atoms with E-state index in [1.165, 1.54) is 13.8 Å². The van der Waals surface area contributed by atoms with E-state index in [9.17, 15) is 14.9 Å². The number of hydrogen-bond acceptors (Lipinski definition) is 4. The predicted octanol–water partition coefficient (Wildman–Crippen LogP) is 0.931. The SMILES string of the molecule is CC(=O)SCC(C)[N+](=O)[O-]. The summed E-state index contributed by atoms with van der Waals surface area (Å²) < 4.78 is 0. The van der Waals surface area contributed by atoms with E-state index >= 15 is 0 Å². The molecular formula is C5H9NO3S. The smallest absolute Gasteiger partial charge is 0.219 e. The van der Waals surface area contributed by atoms with Crippen molar-refractivity contribution in [1.29, 1.82) is 0 Å². The van der Waals surface area contributed by atoms with Gasteiger partial charge in [-0.15, -0.1) is 0 Å². The number of nitro groups is 1. The lowest BCUT2D eigenvalue weighted by Crippen LogP contribution is -2.18. The van der Waals surface area contributed by atoms with E-state index < -0.39 is 11.0 Å². The largest absolute Gasteiger partial charge is 0.288 e. The first kappa shape index (κ1) is 9.42. The van der Waals surface area contributed by atoms with Gasteiger partial charge in [-0.25, -0.2) is 0 Å². The Morgan fingerprint density at radius 3 is 2.60 bits per heavy atom. The van der Waals surface area contributed by atoms with Crippen LogP contribution in [0, 0.1) is 10.1 Å². The van der Waals surface area contributed by atoms with Gasteiger partial charge in [-0.2, -0.15) is 0 Å². The maximum absolute atomic E-state index is 10.3. The molecule has 0 saturated carbocycles. The van der Waals surface area contributed by atoms with Gasteiger partial charge in [0.2, 0.25) is 6.04 Å². The van der Waals surface area contributed by atoms with Crippen molar-refractivity contribution in [2.24, 2.45) is 0 Å². The summed E-state index contributed by atoms with van der Waals surface area (Å²) >= 11 is 0.987. The van der Waals surface area contributed by atoms with E-state index in [0.717, 1.165) is 11.8 Å². The van der Waals surface area contributed by atoms with Crippen molar-refractivity contribution in [2.45, 2.75) is 19.9 Å². The van der Waals surface area contributed by atoms with Gasteiger partial charge < -0.3 is 0 Å². The van der Waals surface area contributed by atoms with Crippen molar-refractivity contribution in [2.75, 3.05) is 5.75 Å². The van der Waals surface area contributed by atoms with E-state index in [1.807, 2.05) is 0 Å². The second-order valence-corrected chi connectivity index (χ2v) is 3.13. The van der Waals surface area contributed by atoms with Crippen LogP contribution in [-0.4, -0.2) is 21.8 Å². The van der Waals surface area contributed by atoms with E-state index in [2.05, 4.69) is 0 Å². The number of carbonyl (C=O) groups is 1. The van der Waals surface area contributed by atoms with Gasteiger partial charge in [-0.3, -0.25) is 14.9 Å². The van der Waals surface area contributed by atoms with Crippen molar-refractivity contribution in [3.05, 3.63) is 10.1 Å². The minimum Gasteiger partial charge on any atom is -0.288 e. The second kappa shape index (κ2) is 4.27. The molecule has 1 atom stereocenters. The number of carbonyl (C=O) groups excluding carboxylic acids is 1. The molecule has 0 saturated heterocycles. The van der Waals surface area contributed by atoms with Crippen LogP contribution in [0.4, 0.5) is 0 Å². The van der Waals surface area contributed by atoms with Gasteiger partial charge in [0, 0.05) is 18.8 Å². The molecule has 1 unspecified atom stereocenters. The number of rotatable bonds is 3. The second-order valence-electron chi connectivity index (χ2n) is 1.94. The molecule has 0 aliphatic rings. The molecule has 0 aliphatic heterocycles. The Kier molecular flexibility index (Phi) is 4.02. The molecule has 0 heterocycles. The van der Waals surface area contributed by atoms with Gasteiger partial charge in [0.1, 0.15) is 0 Å². The Morgan fingerprint density at radius 2 is 2.30 bits per heavy atom. The molecule has 0 rings (SSSR count). The molecule has 4 nitrogen and oxygen atoms in total. The van der Waals surface area contributed by atoms with Crippen molar-refractivity contribution >= 4 is 16.9 Å². The Morgan fingerprint density at radius 1 is 1.80 bits per heavy atom. The zero-order valence-corrected chi connectivity index (χ0v) is 6.68. The Balaban J connectivity index is 3.49. The van der Waals surface area contributed by atoms with E-state index in [1.54, 1.807) is 0 Å². The first-order valence-corrected chi connectivity index (χ1v) is 3.79. The van der Waals surface area contributed by atoms with Crippen LogP contribution in [0.5, 0.6) is 0 Å². The normalized spacial score (nSPS) is 12.6. The lowest BCUT2D eigenvalue weighted by Gasteiger charge is -1.99. The van der Waals surface area contributed by atoms with Crippen LogP contribution in [0.3, 0.4) is 0 Å². The van der Waals surface area contributed by atoms with Crippen molar-refractivity contribution in [3.8, 4) is 0 Å². The Bertz CT molecular complexity index is 148.